The van der Waals surface area contributed by atoms with Crippen LogP contribution in [0.1, 0.15) is 72.1 Å². The van der Waals surface area contributed by atoms with Crippen LogP contribution < -0.4 is 0 Å². The summed E-state index contributed by atoms with van der Waals surface area (Å²) in [6.45, 7) is 6.91. The van der Waals surface area contributed by atoms with Crippen molar-refractivity contribution >= 4 is 0 Å². The summed E-state index contributed by atoms with van der Waals surface area (Å²) in [4.78, 5) is 0. The van der Waals surface area contributed by atoms with E-state index in [9.17, 15) is 0 Å². The summed E-state index contributed by atoms with van der Waals surface area (Å²) in [5.74, 6) is 0.923. The van der Waals surface area contributed by atoms with Gasteiger partial charge >= 0.3 is 0 Å². The number of hydrogen-bond donors (Lipinski definition) is 0. The summed E-state index contributed by atoms with van der Waals surface area (Å²) in [6, 6.07) is 0. The van der Waals surface area contributed by atoms with Gasteiger partial charge < -0.3 is 6.42 Å². The normalized spacial score (nSPS) is 13.2. The molecule has 1 unspecified atom stereocenters. The highest BCUT2D eigenvalue weighted by Crippen LogP contribution is 2.13. The molecule has 0 heteroatoms. The third-order valence-corrected chi connectivity index (χ3v) is 2.82. The van der Waals surface area contributed by atoms with Gasteiger partial charge in [-0.05, 0) is 5.92 Å². The van der Waals surface area contributed by atoms with E-state index in [0.29, 0.717) is 0 Å². The van der Waals surface area contributed by atoms with E-state index >= 15 is 0 Å². The van der Waals surface area contributed by atoms with E-state index in [2.05, 4.69) is 27.2 Å². The van der Waals surface area contributed by atoms with Crippen LogP contribution in [-0.2, 0) is 0 Å². The Labute approximate surface area is 85.1 Å². The topological polar surface area (TPSA) is 0 Å². The monoisotopic (exact) mass is 183 g/mol. The van der Waals surface area contributed by atoms with E-state index in [1.807, 2.05) is 0 Å². The second-order valence-electron chi connectivity index (χ2n) is 4.23. The summed E-state index contributed by atoms with van der Waals surface area (Å²) in [7, 11) is 0. The molecule has 0 amide bonds. The standard InChI is InChI=1S/C13H27/c1-4-6-7-8-9-10-11-12-13(3)5-2/h10,13H,4-9,11-12H2,1-3H3/q-1. The van der Waals surface area contributed by atoms with Crippen LogP contribution in [0.4, 0.5) is 0 Å². The first kappa shape index (κ1) is 13.0. The van der Waals surface area contributed by atoms with Crippen LogP contribution in [0.2, 0.25) is 0 Å². The lowest BCUT2D eigenvalue weighted by Gasteiger charge is -2.14. The Bertz CT molecular complexity index is 86.0. The van der Waals surface area contributed by atoms with Crippen LogP contribution in [0, 0.1) is 12.3 Å². The molecular formula is C13H27-. The molecule has 0 aliphatic rings. The van der Waals surface area contributed by atoms with Gasteiger partial charge in [0.25, 0.3) is 0 Å². The van der Waals surface area contributed by atoms with Crippen molar-refractivity contribution in [2.75, 3.05) is 0 Å². The van der Waals surface area contributed by atoms with Crippen molar-refractivity contribution in [3.8, 4) is 0 Å². The molecule has 0 aromatic heterocycles. The molecule has 0 saturated carbocycles. The van der Waals surface area contributed by atoms with Crippen molar-refractivity contribution in [2.24, 2.45) is 5.92 Å². The predicted molar refractivity (Wildman–Crippen MR) is 61.7 cm³/mol. The van der Waals surface area contributed by atoms with Gasteiger partial charge in [-0.3, -0.25) is 0 Å². The van der Waals surface area contributed by atoms with E-state index in [-0.39, 0.29) is 0 Å². The Morgan fingerprint density at radius 3 is 2.38 bits per heavy atom. The van der Waals surface area contributed by atoms with Crippen LogP contribution in [0.3, 0.4) is 0 Å². The third kappa shape index (κ3) is 9.92. The molecule has 0 heterocycles. The van der Waals surface area contributed by atoms with Crippen molar-refractivity contribution in [1.82, 2.24) is 0 Å². The molecule has 0 saturated heterocycles. The number of hydrogen-bond acceptors (Lipinski definition) is 0. The Morgan fingerprint density at radius 2 is 1.77 bits per heavy atom. The minimum atomic E-state index is 0.923. The average molecular weight is 183 g/mol. The fourth-order valence-electron chi connectivity index (χ4n) is 1.47. The zero-order valence-electron chi connectivity index (χ0n) is 9.81. The lowest BCUT2D eigenvalue weighted by atomic mass is 10.00. The van der Waals surface area contributed by atoms with Crippen LogP contribution in [0.15, 0.2) is 0 Å². The SMILES string of the molecule is CCCCCC[CH-]CCC(C)CC. The van der Waals surface area contributed by atoms with Crippen LogP contribution >= 0.6 is 0 Å². The van der Waals surface area contributed by atoms with Crippen molar-refractivity contribution in [1.29, 1.82) is 0 Å². The highest BCUT2D eigenvalue weighted by Gasteiger charge is 1.92. The van der Waals surface area contributed by atoms with Crippen molar-refractivity contribution in [3.05, 3.63) is 6.42 Å². The van der Waals surface area contributed by atoms with E-state index < -0.39 is 0 Å². The van der Waals surface area contributed by atoms with E-state index in [0.717, 1.165) is 5.92 Å². The maximum Gasteiger partial charge on any atom is -0.0470 e. The van der Waals surface area contributed by atoms with Gasteiger partial charge in [0.05, 0.1) is 0 Å². The van der Waals surface area contributed by atoms with E-state index in [1.54, 1.807) is 0 Å². The van der Waals surface area contributed by atoms with Gasteiger partial charge in [0.2, 0.25) is 0 Å². The maximum atomic E-state index is 2.49. The minimum Gasteiger partial charge on any atom is -0.328 e. The van der Waals surface area contributed by atoms with Crippen molar-refractivity contribution < 1.29 is 0 Å². The van der Waals surface area contributed by atoms with Gasteiger partial charge in [0, 0.05) is 0 Å². The molecule has 0 aromatic carbocycles. The largest absolute Gasteiger partial charge is 0.328 e. The first-order valence-corrected chi connectivity index (χ1v) is 6.12. The molecule has 0 aliphatic heterocycles. The molecule has 0 fully saturated rings. The molecule has 0 bridgehead atoms. The van der Waals surface area contributed by atoms with Crippen LogP contribution in [-0.4, -0.2) is 0 Å². The quantitative estimate of drug-likeness (QED) is 0.349. The number of rotatable bonds is 9. The van der Waals surface area contributed by atoms with Gasteiger partial charge in [-0.1, -0.05) is 59.3 Å². The molecule has 1 atom stereocenters. The minimum absolute atomic E-state index is 0.923. The van der Waals surface area contributed by atoms with Crippen molar-refractivity contribution in [2.45, 2.75) is 72.1 Å². The fraction of sp³-hybridized carbons (Fsp3) is 0.923. The average Bonchev–Trinajstić information content (AvgIpc) is 2.16. The summed E-state index contributed by atoms with van der Waals surface area (Å²) >= 11 is 0. The highest BCUT2D eigenvalue weighted by molar-refractivity contribution is 4.66. The molecular weight excluding hydrogens is 156 g/mol. The molecule has 80 valence electrons. The first-order valence-electron chi connectivity index (χ1n) is 6.12. The zero-order chi connectivity index (χ0) is 9.94. The summed E-state index contributed by atoms with van der Waals surface area (Å²) < 4.78 is 0. The van der Waals surface area contributed by atoms with Crippen LogP contribution in [0.25, 0.3) is 0 Å². The smallest absolute Gasteiger partial charge is 0.0470 e. The fourth-order valence-corrected chi connectivity index (χ4v) is 1.47. The molecule has 0 aliphatic carbocycles. The number of unbranched alkanes of at least 4 members (excludes halogenated alkanes) is 6. The van der Waals surface area contributed by atoms with Crippen molar-refractivity contribution in [3.63, 3.8) is 0 Å². The molecule has 0 nitrogen and oxygen atoms in total. The summed E-state index contributed by atoms with van der Waals surface area (Å²) in [6.07, 6.45) is 13.5. The predicted octanol–water partition coefficient (Wildman–Crippen LogP) is 4.99. The van der Waals surface area contributed by atoms with Crippen LogP contribution in [0.5, 0.6) is 0 Å². The van der Waals surface area contributed by atoms with Gasteiger partial charge in [-0.15, -0.1) is 0 Å². The van der Waals surface area contributed by atoms with Gasteiger partial charge in [0.1, 0.15) is 0 Å². The van der Waals surface area contributed by atoms with Gasteiger partial charge in [-0.2, -0.15) is 12.8 Å². The van der Waals surface area contributed by atoms with Gasteiger partial charge in [-0.25, -0.2) is 0 Å². The second kappa shape index (κ2) is 10.1. The summed E-state index contributed by atoms with van der Waals surface area (Å²) in [5, 5.41) is 0. The Kier molecular flexibility index (Phi) is 10.1. The molecule has 0 spiro atoms. The summed E-state index contributed by atoms with van der Waals surface area (Å²) in [5.41, 5.74) is 0. The lowest BCUT2D eigenvalue weighted by molar-refractivity contribution is 0.506. The van der Waals surface area contributed by atoms with E-state index in [4.69, 9.17) is 0 Å². The molecule has 0 radical (unpaired) electrons. The highest BCUT2D eigenvalue weighted by atomic mass is 14.0. The first-order chi connectivity index (χ1) is 6.31. The second-order valence-corrected chi connectivity index (χ2v) is 4.23. The van der Waals surface area contributed by atoms with Gasteiger partial charge in [0.15, 0.2) is 0 Å². The maximum absolute atomic E-state index is 2.49. The molecule has 0 rings (SSSR count). The molecule has 13 heavy (non-hydrogen) atoms. The lowest BCUT2D eigenvalue weighted by Crippen LogP contribution is -1.91. The third-order valence-electron chi connectivity index (χ3n) is 2.82. The molecule has 0 aromatic rings. The van der Waals surface area contributed by atoms with E-state index in [1.165, 1.54) is 51.4 Å². The zero-order valence-corrected chi connectivity index (χ0v) is 9.81. The Hall–Kier alpha value is 0. The molecule has 0 N–H and O–H groups in total. The Balaban J connectivity index is 2.91. The Morgan fingerprint density at radius 1 is 1.00 bits per heavy atom.